The average molecular weight is 733 g/mol. The Kier molecular flexibility index (Phi) is 7.53. The summed E-state index contributed by atoms with van der Waals surface area (Å²) >= 11 is 0. The minimum atomic E-state index is 0.546. The second-order valence-electron chi connectivity index (χ2n) is 14.1. The number of para-hydroxylation sites is 2. The highest BCUT2D eigenvalue weighted by Gasteiger charge is 2.23. The van der Waals surface area contributed by atoms with Crippen LogP contribution in [0.15, 0.2) is 176 Å². The quantitative estimate of drug-likeness (QED) is 0.169. The van der Waals surface area contributed by atoms with Gasteiger partial charge in [0.05, 0.1) is 22.1 Å². The van der Waals surface area contributed by atoms with Crippen molar-refractivity contribution in [3.05, 3.63) is 181 Å². The Morgan fingerprint density at radius 1 is 0.316 bits per heavy atom. The van der Waals surface area contributed by atoms with E-state index in [-0.39, 0.29) is 0 Å². The van der Waals surface area contributed by atoms with Gasteiger partial charge in [0.25, 0.3) is 0 Å². The van der Waals surface area contributed by atoms with E-state index in [1.165, 1.54) is 0 Å². The fourth-order valence-corrected chi connectivity index (χ4v) is 7.88. The standard InChI is InChI=1S/C49H32N8/c1-31-17-11-12-24-35(31)47-51-46(34-22-9-4-10-23-34)54-49(55-47)57-41-28-16-14-26-37(41)39-29-42-38(30-43(39)57)36-25-13-15-27-40(36)56(42)48-52-44(32-18-5-2-6-19-32)50-45(53-48)33-20-7-3-8-21-33/h2-30H,1H3. The summed E-state index contributed by atoms with van der Waals surface area (Å²) in [6.45, 7) is 2.09. The minimum Gasteiger partial charge on any atom is -0.278 e. The Morgan fingerprint density at radius 2 is 0.684 bits per heavy atom. The van der Waals surface area contributed by atoms with Gasteiger partial charge in [0, 0.05) is 43.8 Å². The first kappa shape index (κ1) is 32.6. The highest BCUT2D eigenvalue weighted by atomic mass is 15.2. The fourth-order valence-electron chi connectivity index (χ4n) is 7.88. The normalized spacial score (nSPS) is 11.6. The molecule has 7 aromatic carbocycles. The van der Waals surface area contributed by atoms with Gasteiger partial charge in [0.15, 0.2) is 23.3 Å². The maximum absolute atomic E-state index is 5.21. The fraction of sp³-hybridized carbons (Fsp3) is 0.0204. The third kappa shape index (κ3) is 5.45. The third-order valence-corrected chi connectivity index (χ3v) is 10.6. The highest BCUT2D eigenvalue weighted by Crippen LogP contribution is 2.39. The molecule has 0 spiro atoms. The van der Waals surface area contributed by atoms with Gasteiger partial charge in [-0.15, -0.1) is 0 Å². The van der Waals surface area contributed by atoms with Crippen LogP contribution in [0.5, 0.6) is 0 Å². The van der Waals surface area contributed by atoms with Crippen LogP contribution in [0, 0.1) is 6.92 Å². The summed E-state index contributed by atoms with van der Waals surface area (Å²) in [5.41, 5.74) is 8.77. The molecule has 11 rings (SSSR count). The van der Waals surface area contributed by atoms with E-state index in [0.717, 1.165) is 71.4 Å². The lowest BCUT2D eigenvalue weighted by Crippen LogP contribution is -2.07. The largest absolute Gasteiger partial charge is 0.278 e. The van der Waals surface area contributed by atoms with Crippen LogP contribution in [0.25, 0.3) is 101 Å². The molecule has 268 valence electrons. The van der Waals surface area contributed by atoms with E-state index in [1.807, 2.05) is 103 Å². The SMILES string of the molecule is Cc1ccccc1-c1nc(-c2ccccc2)nc(-n2c3ccccc3c3cc4c(cc32)c2ccccc2n4-c2nc(-c3ccccc3)nc(-c3ccccc3)n2)n1. The van der Waals surface area contributed by atoms with Crippen LogP contribution in [0.3, 0.4) is 0 Å². The maximum Gasteiger partial charge on any atom is 0.238 e. The monoisotopic (exact) mass is 732 g/mol. The Balaban J connectivity index is 1.21. The second-order valence-corrected chi connectivity index (χ2v) is 14.1. The first-order chi connectivity index (χ1) is 28.2. The molecule has 0 atom stereocenters. The van der Waals surface area contributed by atoms with E-state index in [9.17, 15) is 0 Å². The Morgan fingerprint density at radius 3 is 1.14 bits per heavy atom. The van der Waals surface area contributed by atoms with Crippen LogP contribution in [0.4, 0.5) is 0 Å². The van der Waals surface area contributed by atoms with Gasteiger partial charge < -0.3 is 0 Å². The molecule has 0 N–H and O–H groups in total. The van der Waals surface area contributed by atoms with Crippen molar-refractivity contribution >= 4 is 43.6 Å². The molecular weight excluding hydrogens is 701 g/mol. The highest BCUT2D eigenvalue weighted by molar-refractivity contribution is 6.18. The summed E-state index contributed by atoms with van der Waals surface area (Å²) in [5.74, 6) is 3.55. The molecule has 0 aliphatic rings. The van der Waals surface area contributed by atoms with E-state index in [0.29, 0.717) is 35.2 Å². The maximum atomic E-state index is 5.21. The zero-order valence-electron chi connectivity index (χ0n) is 30.8. The molecule has 0 aliphatic heterocycles. The van der Waals surface area contributed by atoms with Crippen molar-refractivity contribution in [1.82, 2.24) is 39.0 Å². The molecule has 0 bridgehead atoms. The number of aromatic nitrogens is 8. The van der Waals surface area contributed by atoms with E-state index in [2.05, 4.69) is 88.9 Å². The number of benzene rings is 7. The second kappa shape index (κ2) is 13.2. The summed E-state index contributed by atoms with van der Waals surface area (Å²) in [5, 5.41) is 4.27. The van der Waals surface area contributed by atoms with Gasteiger partial charge in [-0.3, -0.25) is 9.13 Å². The summed E-state index contributed by atoms with van der Waals surface area (Å²) in [4.78, 5) is 30.7. The molecule has 4 aromatic heterocycles. The van der Waals surface area contributed by atoms with Crippen molar-refractivity contribution < 1.29 is 0 Å². The number of aryl methyl sites for hydroxylation is 1. The molecule has 0 fully saturated rings. The summed E-state index contributed by atoms with van der Waals surface area (Å²) in [6, 6.07) is 59.9. The van der Waals surface area contributed by atoms with Crippen LogP contribution in [-0.4, -0.2) is 39.0 Å². The number of rotatable bonds is 6. The van der Waals surface area contributed by atoms with E-state index in [4.69, 9.17) is 29.9 Å². The molecule has 8 nitrogen and oxygen atoms in total. The number of fused-ring (bicyclic) bond motifs is 6. The van der Waals surface area contributed by atoms with Crippen LogP contribution < -0.4 is 0 Å². The predicted molar refractivity (Wildman–Crippen MR) is 228 cm³/mol. The van der Waals surface area contributed by atoms with Crippen molar-refractivity contribution in [3.8, 4) is 57.4 Å². The van der Waals surface area contributed by atoms with Crippen LogP contribution in [0.2, 0.25) is 0 Å². The lowest BCUT2D eigenvalue weighted by Gasteiger charge is -2.12. The molecule has 0 saturated carbocycles. The minimum absolute atomic E-state index is 0.546. The molecule has 4 heterocycles. The smallest absolute Gasteiger partial charge is 0.238 e. The lowest BCUT2D eigenvalue weighted by atomic mass is 10.1. The predicted octanol–water partition coefficient (Wildman–Crippen LogP) is 11.2. The Hall–Kier alpha value is -7.84. The van der Waals surface area contributed by atoms with Crippen molar-refractivity contribution in [3.63, 3.8) is 0 Å². The van der Waals surface area contributed by atoms with Crippen molar-refractivity contribution in [2.24, 2.45) is 0 Å². The van der Waals surface area contributed by atoms with Gasteiger partial charge in [-0.05, 0) is 36.8 Å². The van der Waals surface area contributed by atoms with Crippen LogP contribution in [0.1, 0.15) is 5.56 Å². The van der Waals surface area contributed by atoms with Crippen LogP contribution in [-0.2, 0) is 0 Å². The van der Waals surface area contributed by atoms with Crippen LogP contribution >= 0.6 is 0 Å². The number of nitrogens with zero attached hydrogens (tertiary/aromatic N) is 8. The molecule has 0 aliphatic carbocycles. The first-order valence-corrected chi connectivity index (χ1v) is 18.9. The van der Waals surface area contributed by atoms with E-state index in [1.54, 1.807) is 0 Å². The van der Waals surface area contributed by atoms with Gasteiger partial charge >= 0.3 is 0 Å². The zero-order chi connectivity index (χ0) is 37.9. The summed E-state index contributed by atoms with van der Waals surface area (Å²) in [6.07, 6.45) is 0. The molecule has 11 aromatic rings. The number of hydrogen-bond acceptors (Lipinski definition) is 6. The molecule has 57 heavy (non-hydrogen) atoms. The molecular formula is C49H32N8. The van der Waals surface area contributed by atoms with Gasteiger partial charge in [0.2, 0.25) is 11.9 Å². The Bertz CT molecular complexity index is 3240. The number of hydrogen-bond donors (Lipinski definition) is 0. The average Bonchev–Trinajstić information content (AvgIpc) is 3.78. The molecule has 0 saturated heterocycles. The van der Waals surface area contributed by atoms with Crippen molar-refractivity contribution in [2.75, 3.05) is 0 Å². The van der Waals surface area contributed by atoms with E-state index >= 15 is 0 Å². The van der Waals surface area contributed by atoms with Crippen molar-refractivity contribution in [1.29, 1.82) is 0 Å². The third-order valence-electron chi connectivity index (χ3n) is 10.6. The molecule has 0 amide bonds. The van der Waals surface area contributed by atoms with Gasteiger partial charge in [-0.2, -0.15) is 19.9 Å². The van der Waals surface area contributed by atoms with Gasteiger partial charge in [-0.25, -0.2) is 9.97 Å². The molecule has 8 heteroatoms. The molecule has 0 radical (unpaired) electrons. The summed E-state index contributed by atoms with van der Waals surface area (Å²) in [7, 11) is 0. The van der Waals surface area contributed by atoms with Crippen molar-refractivity contribution in [2.45, 2.75) is 6.92 Å². The summed E-state index contributed by atoms with van der Waals surface area (Å²) < 4.78 is 4.35. The van der Waals surface area contributed by atoms with Gasteiger partial charge in [0.1, 0.15) is 0 Å². The molecule has 0 unspecified atom stereocenters. The van der Waals surface area contributed by atoms with E-state index < -0.39 is 0 Å². The lowest BCUT2D eigenvalue weighted by molar-refractivity contribution is 0.950. The Labute approximate surface area is 327 Å². The van der Waals surface area contributed by atoms with Gasteiger partial charge in [-0.1, -0.05) is 152 Å². The zero-order valence-corrected chi connectivity index (χ0v) is 30.8. The first-order valence-electron chi connectivity index (χ1n) is 18.9. The topological polar surface area (TPSA) is 87.2 Å².